The molecule has 234 valence electrons. The molecule has 2 bridgehead atoms. The number of likely N-dealkylation sites (N-methyl/N-ethyl adjacent to an activating group) is 1. The van der Waals surface area contributed by atoms with Crippen LogP contribution in [0.4, 0.5) is 17.5 Å². The van der Waals surface area contributed by atoms with E-state index in [1.807, 2.05) is 37.3 Å². The van der Waals surface area contributed by atoms with Crippen molar-refractivity contribution in [3.63, 3.8) is 0 Å². The van der Waals surface area contributed by atoms with Crippen LogP contribution in [-0.4, -0.2) is 85.4 Å². The molecule has 6 heterocycles. The summed E-state index contributed by atoms with van der Waals surface area (Å²) in [5.41, 5.74) is 1.68. The molecule has 4 aromatic rings. The molecule has 4 aliphatic rings. The Morgan fingerprint density at radius 3 is 2.51 bits per heavy atom. The van der Waals surface area contributed by atoms with Crippen molar-refractivity contribution in [1.29, 1.82) is 0 Å². The lowest BCUT2D eigenvalue weighted by atomic mass is 9.71. The third kappa shape index (κ3) is 5.12. The highest BCUT2D eigenvalue weighted by Gasteiger charge is 2.45. The summed E-state index contributed by atoms with van der Waals surface area (Å²) in [4.78, 5) is 31.2. The highest BCUT2D eigenvalue weighted by Crippen LogP contribution is 2.43. The van der Waals surface area contributed by atoms with Gasteiger partial charge in [0.25, 0.3) is 11.8 Å². The third-order valence-corrected chi connectivity index (χ3v) is 10.1. The lowest BCUT2D eigenvalue weighted by molar-refractivity contribution is -0.0263. The summed E-state index contributed by atoms with van der Waals surface area (Å²) in [5, 5.41) is 32.7. The van der Waals surface area contributed by atoms with Crippen LogP contribution >= 0.6 is 0 Å². The number of aromatic nitrogens is 4. The normalized spacial score (nSPS) is 26.4. The number of anilines is 3. The average molecular weight is 611 g/mol. The van der Waals surface area contributed by atoms with Gasteiger partial charge in [0, 0.05) is 35.5 Å². The number of aliphatic hydroxyl groups excluding tert-OH is 1. The number of piperidine rings is 3. The molecule has 12 heteroatoms. The second kappa shape index (κ2) is 11.2. The molecular formula is C33H38N8O4. The second-order valence-corrected chi connectivity index (χ2v) is 12.7. The zero-order valence-corrected chi connectivity index (χ0v) is 25.7. The predicted octanol–water partition coefficient (Wildman–Crippen LogP) is 3.83. The van der Waals surface area contributed by atoms with E-state index in [0.29, 0.717) is 34.1 Å². The number of aliphatic hydroxyl groups is 2. The first kappa shape index (κ1) is 29.3. The third-order valence-electron chi connectivity index (χ3n) is 10.1. The summed E-state index contributed by atoms with van der Waals surface area (Å²) in [6.45, 7) is 6.48. The Morgan fingerprint density at radius 1 is 1.07 bits per heavy atom. The number of nitrogens with zero attached hydrogens (tertiary/aromatic N) is 6. The van der Waals surface area contributed by atoms with Gasteiger partial charge in [-0.1, -0.05) is 35.5 Å². The molecule has 2 aromatic carbocycles. The van der Waals surface area contributed by atoms with Gasteiger partial charge < -0.3 is 35.2 Å². The van der Waals surface area contributed by atoms with Crippen LogP contribution < -0.4 is 10.6 Å². The fourth-order valence-electron chi connectivity index (χ4n) is 6.83. The van der Waals surface area contributed by atoms with Gasteiger partial charge in [0.2, 0.25) is 5.95 Å². The minimum absolute atomic E-state index is 0.0779. The molecule has 45 heavy (non-hydrogen) atoms. The van der Waals surface area contributed by atoms with E-state index in [2.05, 4.69) is 25.7 Å². The number of carbonyl (C=O) groups excluding carboxylic acids is 1. The van der Waals surface area contributed by atoms with E-state index in [-0.39, 0.29) is 23.9 Å². The molecule has 0 spiro atoms. The number of carbonyl (C=O) groups is 1. The Hall–Kier alpha value is -4.39. The lowest BCUT2D eigenvalue weighted by Gasteiger charge is -2.46. The van der Waals surface area contributed by atoms with Gasteiger partial charge in [-0.2, -0.15) is 9.97 Å². The zero-order valence-electron chi connectivity index (χ0n) is 25.7. The van der Waals surface area contributed by atoms with Crippen molar-refractivity contribution in [3.8, 4) is 11.5 Å². The SMILES string of the molecule is CC1N(C)C(=O)c2ccc(Nc3ncc(-c4nc(C56CCN(CC5)CC6)no4)c(N[C@H](CO)c4ccccc4)n3)cc2C1(C)O. The largest absolute Gasteiger partial charge is 0.394 e. The molecule has 1 amide bonds. The molecule has 12 nitrogen and oxygen atoms in total. The lowest BCUT2D eigenvalue weighted by Crippen LogP contribution is -2.53. The van der Waals surface area contributed by atoms with Gasteiger partial charge >= 0.3 is 0 Å². The van der Waals surface area contributed by atoms with Gasteiger partial charge in [0.05, 0.1) is 18.7 Å². The van der Waals surface area contributed by atoms with E-state index >= 15 is 0 Å². The Morgan fingerprint density at radius 2 is 1.80 bits per heavy atom. The molecule has 3 saturated heterocycles. The number of nitrogens with one attached hydrogen (secondary N) is 2. The molecule has 3 fully saturated rings. The summed E-state index contributed by atoms with van der Waals surface area (Å²) in [6.07, 6.45) is 4.65. The van der Waals surface area contributed by atoms with Crippen LogP contribution in [0.15, 0.2) is 59.3 Å². The van der Waals surface area contributed by atoms with Crippen LogP contribution in [0.3, 0.4) is 0 Å². The summed E-state index contributed by atoms with van der Waals surface area (Å²) < 4.78 is 5.84. The van der Waals surface area contributed by atoms with Crippen molar-refractivity contribution in [3.05, 3.63) is 77.2 Å². The fraction of sp³-hybridized carbons (Fsp3) is 0.424. The molecule has 0 saturated carbocycles. The number of benzene rings is 2. The highest BCUT2D eigenvalue weighted by molar-refractivity contribution is 5.98. The summed E-state index contributed by atoms with van der Waals surface area (Å²) >= 11 is 0. The van der Waals surface area contributed by atoms with E-state index in [4.69, 9.17) is 14.5 Å². The molecule has 0 aliphatic carbocycles. The van der Waals surface area contributed by atoms with Crippen molar-refractivity contribution >= 4 is 23.4 Å². The Bertz CT molecular complexity index is 1700. The number of amides is 1. The molecule has 3 atom stereocenters. The molecule has 0 radical (unpaired) electrons. The minimum Gasteiger partial charge on any atom is -0.394 e. The first-order chi connectivity index (χ1) is 21.7. The Kier molecular flexibility index (Phi) is 7.30. The number of hydrogen-bond acceptors (Lipinski definition) is 11. The molecular weight excluding hydrogens is 572 g/mol. The monoisotopic (exact) mass is 610 g/mol. The highest BCUT2D eigenvalue weighted by atomic mass is 16.5. The topological polar surface area (TPSA) is 153 Å². The number of hydrogen-bond donors (Lipinski definition) is 4. The molecule has 4 aliphatic heterocycles. The van der Waals surface area contributed by atoms with E-state index in [1.165, 1.54) is 0 Å². The number of fused-ring (bicyclic) bond motifs is 4. The predicted molar refractivity (Wildman–Crippen MR) is 168 cm³/mol. The maximum absolute atomic E-state index is 12.9. The van der Waals surface area contributed by atoms with Crippen molar-refractivity contribution in [2.45, 2.75) is 56.2 Å². The molecule has 4 N–H and O–H groups in total. The van der Waals surface area contributed by atoms with E-state index in [9.17, 15) is 15.0 Å². The van der Waals surface area contributed by atoms with Gasteiger partial charge in [-0.05, 0) is 76.5 Å². The van der Waals surface area contributed by atoms with E-state index in [0.717, 1.165) is 50.3 Å². The standard InChI is InChI=1S/C33H38N8O4/c1-20-32(2,44)25-17-22(9-10-23(25)29(43)40(20)3)35-31-34-18-24(27(37-31)36-26(19-42)21-7-5-4-6-8-21)28-38-30(39-45-28)33-11-14-41(15-12-33)16-13-33/h4-10,17-18,20,26,42,44H,11-16,19H2,1-3H3,(H2,34,35,36,37)/t20?,26-,32?/m1/s1. The minimum atomic E-state index is -1.25. The van der Waals surface area contributed by atoms with Gasteiger partial charge in [-0.15, -0.1) is 0 Å². The van der Waals surface area contributed by atoms with Crippen LogP contribution in [0.2, 0.25) is 0 Å². The van der Waals surface area contributed by atoms with E-state index < -0.39 is 17.7 Å². The van der Waals surface area contributed by atoms with Crippen LogP contribution in [0.25, 0.3) is 11.5 Å². The van der Waals surface area contributed by atoms with Crippen molar-refractivity contribution in [2.24, 2.45) is 0 Å². The van der Waals surface area contributed by atoms with Crippen LogP contribution in [0.1, 0.15) is 66.5 Å². The number of rotatable bonds is 8. The second-order valence-electron chi connectivity index (χ2n) is 12.7. The van der Waals surface area contributed by atoms with Crippen molar-refractivity contribution in [2.75, 3.05) is 43.9 Å². The summed E-state index contributed by atoms with van der Waals surface area (Å²) in [7, 11) is 1.69. The quantitative estimate of drug-likeness (QED) is 0.230. The van der Waals surface area contributed by atoms with Crippen LogP contribution in [-0.2, 0) is 11.0 Å². The summed E-state index contributed by atoms with van der Waals surface area (Å²) in [6, 6.07) is 14.0. The Balaban J connectivity index is 1.24. The maximum Gasteiger partial charge on any atom is 0.263 e. The van der Waals surface area contributed by atoms with Crippen molar-refractivity contribution in [1.82, 2.24) is 29.9 Å². The van der Waals surface area contributed by atoms with Crippen LogP contribution in [0.5, 0.6) is 0 Å². The Labute approximate surface area is 261 Å². The fourth-order valence-corrected chi connectivity index (χ4v) is 6.83. The molecule has 2 unspecified atom stereocenters. The molecule has 2 aromatic heterocycles. The van der Waals surface area contributed by atoms with Gasteiger partial charge in [0.15, 0.2) is 5.82 Å². The first-order valence-corrected chi connectivity index (χ1v) is 15.5. The van der Waals surface area contributed by atoms with Crippen LogP contribution in [0, 0.1) is 0 Å². The van der Waals surface area contributed by atoms with Gasteiger partial charge in [-0.3, -0.25) is 4.79 Å². The maximum atomic E-state index is 12.9. The van der Waals surface area contributed by atoms with Crippen molar-refractivity contribution < 1.29 is 19.5 Å². The molecule has 8 rings (SSSR count). The summed E-state index contributed by atoms with van der Waals surface area (Å²) in [5.74, 6) is 1.58. The van der Waals surface area contributed by atoms with E-state index in [1.54, 1.807) is 43.3 Å². The van der Waals surface area contributed by atoms with Gasteiger partial charge in [0.1, 0.15) is 17.0 Å². The average Bonchev–Trinajstić information content (AvgIpc) is 3.58. The zero-order chi connectivity index (χ0) is 31.3. The van der Waals surface area contributed by atoms with Gasteiger partial charge in [-0.25, -0.2) is 4.98 Å². The first-order valence-electron chi connectivity index (χ1n) is 15.5. The smallest absolute Gasteiger partial charge is 0.263 e.